The van der Waals surface area contributed by atoms with E-state index in [9.17, 15) is 0 Å². The molecule has 0 amide bonds. The van der Waals surface area contributed by atoms with Gasteiger partial charge in [0.15, 0.2) is 0 Å². The van der Waals surface area contributed by atoms with Gasteiger partial charge in [0.1, 0.15) is 0 Å². The number of hydrogen-bond acceptors (Lipinski definition) is 0. The second-order valence-electron chi connectivity index (χ2n) is 6.29. The van der Waals surface area contributed by atoms with Crippen molar-refractivity contribution in [3.8, 4) is 0 Å². The molecule has 1 aliphatic rings. The van der Waals surface area contributed by atoms with E-state index in [0.29, 0.717) is 0 Å². The zero-order valence-corrected chi connectivity index (χ0v) is 13.2. The maximum atomic E-state index is 2.33. The molecule has 0 fully saturated rings. The van der Waals surface area contributed by atoms with Gasteiger partial charge < -0.3 is 0 Å². The average Bonchev–Trinajstić information content (AvgIpc) is 2.60. The van der Waals surface area contributed by atoms with Crippen molar-refractivity contribution >= 4 is 44.5 Å². The molecule has 0 heteroatoms. The molecular formula is C24H16. The van der Waals surface area contributed by atoms with Crippen molar-refractivity contribution in [3.63, 3.8) is 0 Å². The minimum Gasteiger partial charge on any atom is -0.0622 e. The molecule has 0 atom stereocenters. The van der Waals surface area contributed by atoms with Crippen LogP contribution in [0.25, 0.3) is 44.5 Å². The normalized spacial score (nSPS) is 17.3. The lowest BCUT2D eigenvalue weighted by Gasteiger charge is -2.10. The van der Waals surface area contributed by atoms with Crippen molar-refractivity contribution < 1.29 is 0 Å². The van der Waals surface area contributed by atoms with Crippen molar-refractivity contribution in [1.82, 2.24) is 0 Å². The van der Waals surface area contributed by atoms with Crippen molar-refractivity contribution in [2.75, 3.05) is 0 Å². The summed E-state index contributed by atoms with van der Waals surface area (Å²) in [5.74, 6) is 0. The minimum absolute atomic E-state index is 1.27. The Hall–Kier alpha value is -3.12. The van der Waals surface area contributed by atoms with Gasteiger partial charge in [0.25, 0.3) is 0 Å². The molecule has 4 aromatic carbocycles. The van der Waals surface area contributed by atoms with Gasteiger partial charge in [0, 0.05) is 0 Å². The van der Waals surface area contributed by atoms with Crippen LogP contribution < -0.4 is 0 Å². The average molecular weight is 304 g/mol. The van der Waals surface area contributed by atoms with Gasteiger partial charge in [-0.3, -0.25) is 0 Å². The summed E-state index contributed by atoms with van der Waals surface area (Å²) in [6.07, 6.45) is 12.7. The van der Waals surface area contributed by atoms with Crippen LogP contribution in [0.1, 0.15) is 11.1 Å². The second kappa shape index (κ2) is 5.21. The largest absolute Gasteiger partial charge is 0.0622 e. The first-order chi connectivity index (χ1) is 11.9. The van der Waals surface area contributed by atoms with Crippen LogP contribution in [0.15, 0.2) is 85.0 Å². The Kier molecular flexibility index (Phi) is 2.89. The van der Waals surface area contributed by atoms with Crippen LogP contribution in [0.3, 0.4) is 0 Å². The van der Waals surface area contributed by atoms with E-state index in [4.69, 9.17) is 0 Å². The van der Waals surface area contributed by atoms with Crippen LogP contribution >= 0.6 is 0 Å². The predicted octanol–water partition coefficient (Wildman–Crippen LogP) is 6.74. The highest BCUT2D eigenvalue weighted by Gasteiger charge is 2.06. The van der Waals surface area contributed by atoms with Crippen molar-refractivity contribution in [2.45, 2.75) is 0 Å². The molecular weight excluding hydrogens is 288 g/mol. The van der Waals surface area contributed by atoms with Crippen LogP contribution in [0.4, 0.5) is 0 Å². The first-order valence-corrected chi connectivity index (χ1v) is 8.29. The highest BCUT2D eigenvalue weighted by atomic mass is 14.1. The van der Waals surface area contributed by atoms with Gasteiger partial charge in [-0.15, -0.1) is 0 Å². The summed E-state index contributed by atoms with van der Waals surface area (Å²) in [4.78, 5) is 0. The summed E-state index contributed by atoms with van der Waals surface area (Å²) in [6, 6.07) is 22.3. The lowest BCUT2D eigenvalue weighted by atomic mass is 9.94. The lowest BCUT2D eigenvalue weighted by molar-refractivity contribution is 1.66. The van der Waals surface area contributed by atoms with E-state index in [1.165, 1.54) is 43.4 Å². The van der Waals surface area contributed by atoms with Gasteiger partial charge in [0.2, 0.25) is 0 Å². The third-order valence-corrected chi connectivity index (χ3v) is 4.79. The third kappa shape index (κ3) is 2.08. The zero-order chi connectivity index (χ0) is 15.9. The summed E-state index contributed by atoms with van der Waals surface area (Å²) in [5, 5.41) is 7.82. The topological polar surface area (TPSA) is 0 Å². The fraction of sp³-hybridized carbons (Fsp3) is 0. The van der Waals surface area contributed by atoms with Crippen LogP contribution in [0.5, 0.6) is 0 Å². The molecule has 0 nitrogen and oxygen atoms in total. The van der Waals surface area contributed by atoms with Gasteiger partial charge in [-0.05, 0) is 67.7 Å². The molecule has 1 aliphatic carbocycles. The second-order valence-corrected chi connectivity index (χ2v) is 6.29. The van der Waals surface area contributed by atoms with E-state index < -0.39 is 0 Å². The molecule has 112 valence electrons. The Morgan fingerprint density at radius 1 is 0.417 bits per heavy atom. The first kappa shape index (κ1) is 13.3. The molecule has 0 radical (unpaired) electrons. The summed E-state index contributed by atoms with van der Waals surface area (Å²) < 4.78 is 0. The molecule has 0 aromatic heterocycles. The quantitative estimate of drug-likeness (QED) is 0.249. The van der Waals surface area contributed by atoms with Crippen LogP contribution in [0.2, 0.25) is 0 Å². The highest BCUT2D eigenvalue weighted by Crippen LogP contribution is 2.31. The molecule has 0 spiro atoms. The lowest BCUT2D eigenvalue weighted by Crippen LogP contribution is -1.85. The number of rotatable bonds is 0. The Balaban J connectivity index is 1.87. The van der Waals surface area contributed by atoms with Crippen LogP contribution in [0, 0.1) is 0 Å². The Morgan fingerprint density at radius 2 is 1.08 bits per heavy atom. The van der Waals surface area contributed by atoms with Crippen molar-refractivity contribution in [1.29, 1.82) is 0 Å². The molecule has 0 saturated carbocycles. The summed E-state index contributed by atoms with van der Waals surface area (Å²) in [6.45, 7) is 0. The SMILES string of the molecule is C1=C\C=C/c2cc3cc4c(ccc5ccccc54)cc3cc2\C=C/1. The van der Waals surface area contributed by atoms with Crippen molar-refractivity contribution in [3.05, 3.63) is 96.1 Å². The van der Waals surface area contributed by atoms with Crippen molar-refractivity contribution in [2.24, 2.45) is 0 Å². The monoisotopic (exact) mass is 304 g/mol. The van der Waals surface area contributed by atoms with E-state index in [1.807, 2.05) is 0 Å². The maximum Gasteiger partial charge on any atom is -0.00990 e. The number of hydrogen-bond donors (Lipinski definition) is 0. The summed E-state index contributed by atoms with van der Waals surface area (Å²) in [5.41, 5.74) is 2.53. The molecule has 0 bridgehead atoms. The van der Waals surface area contributed by atoms with Gasteiger partial charge in [-0.1, -0.05) is 72.9 Å². The number of fused-ring (bicyclic) bond motifs is 5. The number of benzene rings is 4. The molecule has 4 aromatic rings. The van der Waals surface area contributed by atoms with Crippen LogP contribution in [-0.2, 0) is 0 Å². The molecule has 0 unspecified atom stereocenters. The first-order valence-electron chi connectivity index (χ1n) is 8.29. The fourth-order valence-electron chi connectivity index (χ4n) is 3.58. The van der Waals surface area contributed by atoms with Crippen LogP contribution in [-0.4, -0.2) is 0 Å². The van der Waals surface area contributed by atoms with Gasteiger partial charge in [0.05, 0.1) is 0 Å². The smallest absolute Gasteiger partial charge is 0.00990 e. The Labute approximate surface area is 141 Å². The van der Waals surface area contributed by atoms with E-state index in [0.717, 1.165) is 0 Å². The number of allylic oxidation sites excluding steroid dienone is 4. The predicted molar refractivity (Wildman–Crippen MR) is 106 cm³/mol. The Bertz CT molecular complexity index is 1190. The maximum absolute atomic E-state index is 2.33. The molecule has 0 N–H and O–H groups in total. The molecule has 5 rings (SSSR count). The third-order valence-electron chi connectivity index (χ3n) is 4.79. The summed E-state index contributed by atoms with van der Waals surface area (Å²) >= 11 is 0. The molecule has 0 aliphatic heterocycles. The molecule has 0 heterocycles. The fourth-order valence-corrected chi connectivity index (χ4v) is 3.58. The van der Waals surface area contributed by atoms with E-state index in [1.54, 1.807) is 0 Å². The summed E-state index contributed by atoms with van der Waals surface area (Å²) in [7, 11) is 0. The Morgan fingerprint density at radius 3 is 1.88 bits per heavy atom. The van der Waals surface area contributed by atoms with E-state index >= 15 is 0 Å². The molecule has 0 saturated heterocycles. The van der Waals surface area contributed by atoms with E-state index in [2.05, 4.69) is 97.1 Å². The highest BCUT2D eigenvalue weighted by molar-refractivity contribution is 6.12. The van der Waals surface area contributed by atoms with Gasteiger partial charge in [-0.25, -0.2) is 0 Å². The minimum atomic E-state index is 1.27. The van der Waals surface area contributed by atoms with Gasteiger partial charge in [-0.2, -0.15) is 0 Å². The standard InChI is InChI=1S/C24H16/c1-2-4-9-19-14-22-16-24-20(15-21(22)13-18(19)8-3-1)12-11-17-7-5-6-10-23(17)24/h1-16H/b2-1-,3-1?,4-2?,8-3-,9-4-,18-8?,19-9?. The van der Waals surface area contributed by atoms with E-state index in [-0.39, 0.29) is 0 Å². The zero-order valence-electron chi connectivity index (χ0n) is 13.2. The molecule has 24 heavy (non-hydrogen) atoms. The van der Waals surface area contributed by atoms with Gasteiger partial charge >= 0.3 is 0 Å².